The van der Waals surface area contributed by atoms with Gasteiger partial charge < -0.3 is 5.32 Å². The van der Waals surface area contributed by atoms with Crippen molar-refractivity contribution in [1.82, 2.24) is 5.32 Å². The van der Waals surface area contributed by atoms with E-state index in [9.17, 15) is 18.8 Å². The fourth-order valence-corrected chi connectivity index (χ4v) is 3.36. The van der Waals surface area contributed by atoms with Crippen molar-refractivity contribution in [3.8, 4) is 17.2 Å². The zero-order valence-corrected chi connectivity index (χ0v) is 14.6. The van der Waals surface area contributed by atoms with Gasteiger partial charge in [0, 0.05) is 23.7 Å². The number of nitrogens with zero attached hydrogens (tertiary/aromatic N) is 1. The molecule has 1 aliphatic rings. The highest BCUT2D eigenvalue weighted by Gasteiger charge is 2.20. The zero-order valence-electron chi connectivity index (χ0n) is 14.6. The van der Waals surface area contributed by atoms with E-state index in [2.05, 4.69) is 11.4 Å². The lowest BCUT2D eigenvalue weighted by Gasteiger charge is -2.20. The molecule has 1 N–H and O–H groups in total. The van der Waals surface area contributed by atoms with Crippen molar-refractivity contribution in [2.24, 2.45) is 0 Å². The maximum Gasteiger partial charge on any atom is 0.247 e. The van der Waals surface area contributed by atoms with Crippen LogP contribution in [0.25, 0.3) is 16.7 Å². The Morgan fingerprint density at radius 3 is 2.62 bits per heavy atom. The van der Waals surface area contributed by atoms with Crippen LogP contribution < -0.4 is 5.32 Å². The minimum atomic E-state index is -0.685. The van der Waals surface area contributed by atoms with Gasteiger partial charge in [-0.1, -0.05) is 0 Å². The van der Waals surface area contributed by atoms with Crippen LogP contribution >= 0.6 is 0 Å². The first-order valence-electron chi connectivity index (χ1n) is 8.41. The molecule has 2 aromatic carbocycles. The number of amides is 1. The number of hydrogen-bond donors (Lipinski definition) is 1. The van der Waals surface area contributed by atoms with Gasteiger partial charge in [0.2, 0.25) is 5.91 Å². The summed E-state index contributed by atoms with van der Waals surface area (Å²) in [6, 6.07) is 8.78. The number of carbonyl (C=O) groups is 1. The quantitative estimate of drug-likeness (QED) is 0.810. The second kappa shape index (κ2) is 7.09. The predicted molar refractivity (Wildman–Crippen MR) is 96.1 cm³/mol. The molecule has 0 spiro atoms. The van der Waals surface area contributed by atoms with Gasteiger partial charge in [0.1, 0.15) is 11.6 Å². The molecule has 0 saturated carbocycles. The minimum Gasteiger partial charge on any atom is -0.352 e. The Morgan fingerprint density at radius 1 is 1.19 bits per heavy atom. The van der Waals surface area contributed by atoms with Gasteiger partial charge in [-0.15, -0.1) is 0 Å². The van der Waals surface area contributed by atoms with Gasteiger partial charge in [-0.25, -0.2) is 8.78 Å². The molecule has 1 aliphatic heterocycles. The van der Waals surface area contributed by atoms with E-state index in [1.165, 1.54) is 12.1 Å². The largest absolute Gasteiger partial charge is 0.352 e. The monoisotopic (exact) mass is 352 g/mol. The summed E-state index contributed by atoms with van der Waals surface area (Å²) in [4.78, 5) is 12.2. The molecular weight excluding hydrogens is 334 g/mol. The standard InChI is InChI=1S/C21H18F2N2O/c1-12(16-4-3-7-25-21(16)26)18-8-14(11-24)9-19(13(18)2)17-6-5-15(22)10-20(17)23/h5-6,8-10H,3-4,7H2,1-2H3,(H,25,26)/b16-12+. The van der Waals surface area contributed by atoms with Gasteiger partial charge in [0.25, 0.3) is 0 Å². The molecule has 0 atom stereocenters. The number of carbonyl (C=O) groups excluding carboxylic acids is 1. The maximum absolute atomic E-state index is 14.3. The summed E-state index contributed by atoms with van der Waals surface area (Å²) in [5.74, 6) is -1.45. The second-order valence-corrected chi connectivity index (χ2v) is 6.40. The van der Waals surface area contributed by atoms with Crippen LogP contribution in [0.15, 0.2) is 35.9 Å². The van der Waals surface area contributed by atoms with Crippen molar-refractivity contribution in [1.29, 1.82) is 5.26 Å². The summed E-state index contributed by atoms with van der Waals surface area (Å²) < 4.78 is 27.6. The minimum absolute atomic E-state index is 0.106. The fraction of sp³-hybridized carbons (Fsp3) is 0.238. The second-order valence-electron chi connectivity index (χ2n) is 6.40. The summed E-state index contributed by atoms with van der Waals surface area (Å²) >= 11 is 0. The van der Waals surface area contributed by atoms with Crippen molar-refractivity contribution >= 4 is 11.5 Å². The van der Waals surface area contributed by atoms with Crippen LogP contribution in [0.4, 0.5) is 8.78 Å². The van der Waals surface area contributed by atoms with Crippen molar-refractivity contribution < 1.29 is 13.6 Å². The van der Waals surface area contributed by atoms with E-state index in [0.717, 1.165) is 29.2 Å². The molecular formula is C21H18F2N2O. The summed E-state index contributed by atoms with van der Waals surface area (Å²) in [7, 11) is 0. The fourth-order valence-electron chi connectivity index (χ4n) is 3.36. The molecule has 3 rings (SSSR count). The molecule has 0 aliphatic carbocycles. The highest BCUT2D eigenvalue weighted by atomic mass is 19.1. The number of rotatable bonds is 2. The third-order valence-corrected chi connectivity index (χ3v) is 4.78. The third-order valence-electron chi connectivity index (χ3n) is 4.78. The molecule has 1 amide bonds. The average Bonchev–Trinajstić information content (AvgIpc) is 2.62. The first-order chi connectivity index (χ1) is 12.4. The van der Waals surface area contributed by atoms with Crippen LogP contribution in [-0.4, -0.2) is 12.5 Å². The van der Waals surface area contributed by atoms with Gasteiger partial charge in [-0.05, 0) is 73.2 Å². The molecule has 5 heteroatoms. The topological polar surface area (TPSA) is 52.9 Å². The number of hydrogen-bond acceptors (Lipinski definition) is 2. The van der Waals surface area contributed by atoms with Crippen molar-refractivity contribution in [3.05, 3.63) is 64.2 Å². The first-order valence-corrected chi connectivity index (χ1v) is 8.41. The number of piperidine rings is 1. The van der Waals surface area contributed by atoms with Crippen LogP contribution in [0.2, 0.25) is 0 Å². The third kappa shape index (κ3) is 3.23. The zero-order chi connectivity index (χ0) is 18.8. The molecule has 1 heterocycles. The van der Waals surface area contributed by atoms with Gasteiger partial charge in [0.05, 0.1) is 11.6 Å². The van der Waals surface area contributed by atoms with E-state index in [1.807, 2.05) is 13.8 Å². The van der Waals surface area contributed by atoms with E-state index in [0.29, 0.717) is 29.7 Å². The molecule has 132 valence electrons. The van der Waals surface area contributed by atoms with E-state index >= 15 is 0 Å². The van der Waals surface area contributed by atoms with Crippen molar-refractivity contribution in [2.75, 3.05) is 6.54 Å². The normalized spacial score (nSPS) is 16.0. The Hall–Kier alpha value is -3.00. The number of benzene rings is 2. The molecule has 2 aromatic rings. The molecule has 1 fully saturated rings. The van der Waals surface area contributed by atoms with Gasteiger partial charge in [0.15, 0.2) is 0 Å². The highest BCUT2D eigenvalue weighted by molar-refractivity contribution is 6.02. The van der Waals surface area contributed by atoms with E-state index in [1.54, 1.807) is 12.1 Å². The lowest BCUT2D eigenvalue weighted by Crippen LogP contribution is -2.31. The Kier molecular flexibility index (Phi) is 4.85. The molecule has 26 heavy (non-hydrogen) atoms. The van der Waals surface area contributed by atoms with Crippen LogP contribution in [0.1, 0.15) is 36.5 Å². The number of nitrogens with one attached hydrogen (secondary N) is 1. The van der Waals surface area contributed by atoms with Crippen molar-refractivity contribution in [2.45, 2.75) is 26.7 Å². The summed E-state index contributed by atoms with van der Waals surface area (Å²) in [6.45, 7) is 4.31. The molecule has 1 saturated heterocycles. The molecule has 0 radical (unpaired) electrons. The van der Waals surface area contributed by atoms with Gasteiger partial charge in [-0.2, -0.15) is 5.26 Å². The maximum atomic E-state index is 14.3. The molecule has 0 unspecified atom stereocenters. The lowest BCUT2D eigenvalue weighted by atomic mass is 9.87. The Balaban J connectivity index is 2.23. The van der Waals surface area contributed by atoms with E-state index in [4.69, 9.17) is 0 Å². The highest BCUT2D eigenvalue weighted by Crippen LogP contribution is 2.34. The first kappa shape index (κ1) is 17.8. The van der Waals surface area contributed by atoms with Crippen LogP contribution in [0, 0.1) is 29.9 Å². The Bertz CT molecular complexity index is 971. The van der Waals surface area contributed by atoms with Gasteiger partial charge >= 0.3 is 0 Å². The average molecular weight is 352 g/mol. The molecule has 0 aromatic heterocycles. The lowest BCUT2D eigenvalue weighted by molar-refractivity contribution is -0.118. The van der Waals surface area contributed by atoms with E-state index in [-0.39, 0.29) is 11.5 Å². The molecule has 3 nitrogen and oxygen atoms in total. The number of allylic oxidation sites excluding steroid dienone is 1. The number of halogens is 2. The predicted octanol–water partition coefficient (Wildman–Crippen LogP) is 4.50. The summed E-state index contributed by atoms with van der Waals surface area (Å²) in [5, 5.41) is 12.2. The smallest absolute Gasteiger partial charge is 0.247 e. The summed E-state index contributed by atoms with van der Waals surface area (Å²) in [5.41, 5.74) is 4.05. The summed E-state index contributed by atoms with van der Waals surface area (Å²) in [6.07, 6.45) is 1.52. The molecule has 0 bridgehead atoms. The Morgan fingerprint density at radius 2 is 1.96 bits per heavy atom. The van der Waals surface area contributed by atoms with E-state index < -0.39 is 11.6 Å². The van der Waals surface area contributed by atoms with Crippen LogP contribution in [0.5, 0.6) is 0 Å². The number of nitriles is 1. The van der Waals surface area contributed by atoms with Crippen molar-refractivity contribution in [3.63, 3.8) is 0 Å². The van der Waals surface area contributed by atoms with Crippen LogP contribution in [-0.2, 0) is 4.79 Å². The SMILES string of the molecule is C/C(=C1/CCCNC1=O)c1cc(C#N)cc(-c2ccc(F)cc2F)c1C. The Labute approximate surface area is 151 Å². The van der Waals surface area contributed by atoms with Crippen LogP contribution in [0.3, 0.4) is 0 Å². The van der Waals surface area contributed by atoms with Gasteiger partial charge in [-0.3, -0.25) is 4.79 Å².